The summed E-state index contributed by atoms with van der Waals surface area (Å²) in [5.41, 5.74) is 0.785. The monoisotopic (exact) mass is 420 g/mol. The van der Waals surface area contributed by atoms with E-state index in [0.29, 0.717) is 41.7 Å². The zero-order valence-corrected chi connectivity index (χ0v) is 17.0. The fraction of sp³-hybridized carbons (Fsp3) is 0.333. The van der Waals surface area contributed by atoms with Crippen LogP contribution in [0.15, 0.2) is 48.5 Å². The molecule has 1 atom stereocenters. The van der Waals surface area contributed by atoms with Crippen LogP contribution in [-0.2, 0) is 9.59 Å². The average molecular weight is 421 g/mol. The third-order valence-electron chi connectivity index (χ3n) is 4.76. The Balaban J connectivity index is 1.51. The summed E-state index contributed by atoms with van der Waals surface area (Å²) in [4.78, 5) is 26.8. The minimum absolute atomic E-state index is 0.00413. The number of rotatable bonds is 5. The zero-order valence-electron chi connectivity index (χ0n) is 15.5. The van der Waals surface area contributed by atoms with Gasteiger partial charge in [-0.25, -0.2) is 0 Å². The second-order valence-corrected chi connectivity index (χ2v) is 7.63. The number of nitrogens with zero attached hydrogens (tertiary/aromatic N) is 1. The van der Waals surface area contributed by atoms with Crippen molar-refractivity contribution in [3.63, 3.8) is 0 Å². The Morgan fingerprint density at radius 1 is 1.11 bits per heavy atom. The summed E-state index contributed by atoms with van der Waals surface area (Å²) in [5.74, 6) is 0.193. The number of piperidine rings is 1. The van der Waals surface area contributed by atoms with Gasteiger partial charge in [0, 0.05) is 29.7 Å². The van der Waals surface area contributed by atoms with E-state index in [-0.39, 0.29) is 17.7 Å². The number of carbonyl (C=O) groups is 2. The molecule has 1 heterocycles. The highest BCUT2D eigenvalue weighted by Gasteiger charge is 2.30. The van der Waals surface area contributed by atoms with E-state index in [4.69, 9.17) is 27.9 Å². The highest BCUT2D eigenvalue weighted by Crippen LogP contribution is 2.29. The molecular formula is C21H22Cl2N2O3. The van der Waals surface area contributed by atoms with Crippen LogP contribution >= 0.6 is 23.2 Å². The van der Waals surface area contributed by atoms with Crippen molar-refractivity contribution in [2.75, 3.05) is 18.4 Å². The molecule has 0 bridgehead atoms. The number of amides is 2. The molecule has 1 aliphatic heterocycles. The third-order valence-corrected chi connectivity index (χ3v) is 5.29. The van der Waals surface area contributed by atoms with E-state index in [1.54, 1.807) is 30.0 Å². The SMILES string of the molecule is C[C@H](Oc1ccc(Cl)cc1Cl)C(=O)N1CCC(C(=O)Nc2ccccc2)CC1. The Labute approximate surface area is 174 Å². The standard InChI is InChI=1S/C21H22Cl2N2O3/c1-14(28-19-8-7-16(22)13-18(19)23)21(27)25-11-9-15(10-12-25)20(26)24-17-5-3-2-4-6-17/h2-8,13-15H,9-12H2,1H3,(H,24,26)/t14-/m0/s1. The van der Waals surface area contributed by atoms with Crippen LogP contribution in [0.5, 0.6) is 5.75 Å². The Bertz CT molecular complexity index is 837. The number of hydrogen-bond donors (Lipinski definition) is 1. The molecule has 0 radical (unpaired) electrons. The van der Waals surface area contributed by atoms with Gasteiger partial charge in [0.25, 0.3) is 5.91 Å². The Hall–Kier alpha value is -2.24. The molecule has 1 N–H and O–H groups in total. The number of benzene rings is 2. The van der Waals surface area contributed by atoms with E-state index in [1.165, 1.54) is 0 Å². The third kappa shape index (κ3) is 5.18. The van der Waals surface area contributed by atoms with Crippen LogP contribution < -0.4 is 10.1 Å². The first-order valence-electron chi connectivity index (χ1n) is 9.20. The molecule has 28 heavy (non-hydrogen) atoms. The summed E-state index contributed by atoms with van der Waals surface area (Å²) in [6.45, 7) is 2.74. The lowest BCUT2D eigenvalue weighted by molar-refractivity contribution is -0.140. The lowest BCUT2D eigenvalue weighted by atomic mass is 9.95. The maximum absolute atomic E-state index is 12.7. The van der Waals surface area contributed by atoms with Crippen LogP contribution in [0.4, 0.5) is 5.69 Å². The van der Waals surface area contributed by atoms with E-state index in [9.17, 15) is 9.59 Å². The number of anilines is 1. The normalized spacial score (nSPS) is 15.8. The van der Waals surface area contributed by atoms with Crippen molar-refractivity contribution < 1.29 is 14.3 Å². The van der Waals surface area contributed by atoms with Crippen LogP contribution in [0.25, 0.3) is 0 Å². The van der Waals surface area contributed by atoms with Crippen molar-refractivity contribution in [2.45, 2.75) is 25.9 Å². The smallest absolute Gasteiger partial charge is 0.263 e. The highest BCUT2D eigenvalue weighted by molar-refractivity contribution is 6.35. The second-order valence-electron chi connectivity index (χ2n) is 6.79. The van der Waals surface area contributed by atoms with Crippen LogP contribution in [0, 0.1) is 5.92 Å². The molecule has 0 spiro atoms. The molecular weight excluding hydrogens is 399 g/mol. The van der Waals surface area contributed by atoms with Gasteiger partial charge in [0.2, 0.25) is 5.91 Å². The summed E-state index contributed by atoms with van der Waals surface area (Å²) in [7, 11) is 0. The first-order valence-corrected chi connectivity index (χ1v) is 9.96. The van der Waals surface area contributed by atoms with Crippen molar-refractivity contribution in [3.05, 3.63) is 58.6 Å². The number of halogens is 2. The van der Waals surface area contributed by atoms with Gasteiger partial charge < -0.3 is 15.0 Å². The zero-order chi connectivity index (χ0) is 20.1. The molecule has 148 valence electrons. The van der Waals surface area contributed by atoms with E-state index in [0.717, 1.165) is 5.69 Å². The van der Waals surface area contributed by atoms with Gasteiger partial charge in [-0.1, -0.05) is 41.4 Å². The molecule has 1 aliphatic rings. The number of ether oxygens (including phenoxy) is 1. The second kappa shape index (κ2) is 9.30. The lowest BCUT2D eigenvalue weighted by Crippen LogP contribution is -2.46. The highest BCUT2D eigenvalue weighted by atomic mass is 35.5. The molecule has 2 aromatic rings. The van der Waals surface area contributed by atoms with Crippen molar-refractivity contribution in [1.82, 2.24) is 4.90 Å². The average Bonchev–Trinajstić information content (AvgIpc) is 2.70. The molecule has 7 heteroatoms. The number of nitrogens with one attached hydrogen (secondary N) is 1. The predicted molar refractivity (Wildman–Crippen MR) is 111 cm³/mol. The first-order chi connectivity index (χ1) is 13.4. The minimum Gasteiger partial charge on any atom is -0.479 e. The minimum atomic E-state index is -0.673. The maximum atomic E-state index is 12.7. The fourth-order valence-corrected chi connectivity index (χ4v) is 3.65. The summed E-state index contributed by atoms with van der Waals surface area (Å²) < 4.78 is 5.71. The van der Waals surface area contributed by atoms with Crippen molar-refractivity contribution in [1.29, 1.82) is 0 Å². The first kappa shape index (κ1) is 20.5. The number of para-hydroxylation sites is 1. The van der Waals surface area contributed by atoms with Gasteiger partial charge in [-0.15, -0.1) is 0 Å². The summed E-state index contributed by atoms with van der Waals surface area (Å²) in [5, 5.41) is 3.80. The van der Waals surface area contributed by atoms with Gasteiger partial charge in [0.1, 0.15) is 5.75 Å². The Kier molecular flexibility index (Phi) is 6.81. The van der Waals surface area contributed by atoms with Crippen molar-refractivity contribution in [3.8, 4) is 5.75 Å². The summed E-state index contributed by atoms with van der Waals surface area (Å²) in [6.07, 6.45) is 0.575. The van der Waals surface area contributed by atoms with Crippen LogP contribution in [0.2, 0.25) is 10.0 Å². The van der Waals surface area contributed by atoms with Crippen LogP contribution in [-0.4, -0.2) is 35.9 Å². The number of carbonyl (C=O) groups excluding carboxylic acids is 2. The van der Waals surface area contributed by atoms with Crippen LogP contribution in [0.3, 0.4) is 0 Å². The van der Waals surface area contributed by atoms with E-state index in [1.807, 2.05) is 30.3 Å². The van der Waals surface area contributed by atoms with Gasteiger partial charge in [0.05, 0.1) is 5.02 Å². The van der Waals surface area contributed by atoms with E-state index < -0.39 is 6.10 Å². The van der Waals surface area contributed by atoms with Gasteiger partial charge >= 0.3 is 0 Å². The number of likely N-dealkylation sites (tertiary alicyclic amines) is 1. The van der Waals surface area contributed by atoms with Gasteiger partial charge in [0.15, 0.2) is 6.10 Å². The van der Waals surface area contributed by atoms with E-state index >= 15 is 0 Å². The van der Waals surface area contributed by atoms with Crippen molar-refractivity contribution >= 4 is 40.7 Å². The van der Waals surface area contributed by atoms with Crippen LogP contribution in [0.1, 0.15) is 19.8 Å². The molecule has 3 rings (SSSR count). The van der Waals surface area contributed by atoms with Gasteiger partial charge in [-0.2, -0.15) is 0 Å². The fourth-order valence-electron chi connectivity index (χ4n) is 3.20. The summed E-state index contributed by atoms with van der Waals surface area (Å²) >= 11 is 12.0. The van der Waals surface area contributed by atoms with E-state index in [2.05, 4.69) is 5.32 Å². The Morgan fingerprint density at radius 3 is 2.43 bits per heavy atom. The molecule has 0 aliphatic carbocycles. The van der Waals surface area contributed by atoms with Crippen molar-refractivity contribution in [2.24, 2.45) is 5.92 Å². The summed E-state index contributed by atoms with van der Waals surface area (Å²) in [6, 6.07) is 14.3. The topological polar surface area (TPSA) is 58.6 Å². The number of hydrogen-bond acceptors (Lipinski definition) is 3. The molecule has 5 nitrogen and oxygen atoms in total. The largest absolute Gasteiger partial charge is 0.479 e. The molecule has 2 amide bonds. The molecule has 1 fully saturated rings. The maximum Gasteiger partial charge on any atom is 0.263 e. The molecule has 2 aromatic carbocycles. The molecule has 1 saturated heterocycles. The van der Waals surface area contributed by atoms with Gasteiger partial charge in [-0.3, -0.25) is 9.59 Å². The lowest BCUT2D eigenvalue weighted by Gasteiger charge is -2.33. The predicted octanol–water partition coefficient (Wildman–Crippen LogP) is 4.64. The molecule has 0 saturated carbocycles. The Morgan fingerprint density at radius 2 is 1.79 bits per heavy atom. The van der Waals surface area contributed by atoms with Gasteiger partial charge in [-0.05, 0) is 50.1 Å². The molecule has 0 aromatic heterocycles. The molecule has 0 unspecified atom stereocenters. The quantitative estimate of drug-likeness (QED) is 0.766.